The first-order valence-corrected chi connectivity index (χ1v) is 4.00. The highest BCUT2D eigenvalue weighted by Crippen LogP contribution is 2.07. The van der Waals surface area contributed by atoms with Gasteiger partial charge < -0.3 is 16.4 Å². The van der Waals surface area contributed by atoms with E-state index in [1.807, 2.05) is 0 Å². The molecule has 1 fully saturated rings. The van der Waals surface area contributed by atoms with Crippen molar-refractivity contribution in [3.8, 4) is 0 Å². The predicted octanol–water partition coefficient (Wildman–Crippen LogP) is -1.11. The average Bonchev–Trinajstić information content (AvgIpc) is 2.53. The Bertz CT molecular complexity index is 143. The van der Waals surface area contributed by atoms with Gasteiger partial charge in [0.15, 0.2) is 0 Å². The number of hydrogen-bond donors (Lipinski definition) is 2. The molecule has 1 aliphatic heterocycles. The molecule has 4 heteroatoms. The Morgan fingerprint density at radius 1 is 1.45 bits per heavy atom. The number of likely N-dealkylation sites (tertiary alicyclic amines) is 1. The van der Waals surface area contributed by atoms with E-state index < -0.39 is 6.04 Å². The maximum absolute atomic E-state index is 11.3. The second-order valence-electron chi connectivity index (χ2n) is 2.87. The van der Waals surface area contributed by atoms with Crippen LogP contribution in [0.5, 0.6) is 0 Å². The quantitative estimate of drug-likeness (QED) is 0.534. The molecule has 0 saturated carbocycles. The molecule has 0 unspecified atom stereocenters. The number of hydrogen-bond acceptors (Lipinski definition) is 3. The summed E-state index contributed by atoms with van der Waals surface area (Å²) < 4.78 is 0. The van der Waals surface area contributed by atoms with Crippen LogP contribution in [0.1, 0.15) is 12.8 Å². The Labute approximate surface area is 66.5 Å². The molecule has 0 aromatic heterocycles. The molecular formula is C7H15N3O. The molecule has 1 aliphatic rings. The molecule has 1 amide bonds. The highest BCUT2D eigenvalue weighted by Gasteiger charge is 2.21. The standard InChI is InChI=1S/C7H15N3O/c8-5-6(9)7(11)10-3-1-2-4-10/h6H,1-5,8-9H2/t6-/m1/s1. The van der Waals surface area contributed by atoms with Crippen molar-refractivity contribution in [3.05, 3.63) is 0 Å². The zero-order valence-electron chi connectivity index (χ0n) is 6.62. The normalized spacial score (nSPS) is 20.4. The lowest BCUT2D eigenvalue weighted by Gasteiger charge is -2.18. The minimum absolute atomic E-state index is 0.00463. The molecule has 0 aromatic carbocycles. The number of nitrogens with zero attached hydrogens (tertiary/aromatic N) is 1. The van der Waals surface area contributed by atoms with Crippen LogP contribution in [-0.2, 0) is 4.79 Å². The summed E-state index contributed by atoms with van der Waals surface area (Å²) in [5, 5.41) is 0. The molecule has 1 saturated heterocycles. The molecule has 4 nitrogen and oxygen atoms in total. The van der Waals surface area contributed by atoms with Gasteiger partial charge in [0.2, 0.25) is 5.91 Å². The highest BCUT2D eigenvalue weighted by molar-refractivity contribution is 5.82. The van der Waals surface area contributed by atoms with Gasteiger partial charge >= 0.3 is 0 Å². The first kappa shape index (κ1) is 8.49. The largest absolute Gasteiger partial charge is 0.341 e. The Balaban J connectivity index is 2.39. The summed E-state index contributed by atoms with van der Waals surface area (Å²) in [5.74, 6) is 0.00463. The SMILES string of the molecule is NC[C@@H](N)C(=O)N1CCCC1. The van der Waals surface area contributed by atoms with Crippen LogP contribution in [0.25, 0.3) is 0 Å². The van der Waals surface area contributed by atoms with E-state index in [0.717, 1.165) is 25.9 Å². The summed E-state index contributed by atoms with van der Waals surface area (Å²) in [6.45, 7) is 1.95. The Kier molecular flexibility index (Phi) is 2.84. The third-order valence-electron chi connectivity index (χ3n) is 1.99. The molecule has 4 N–H and O–H groups in total. The van der Waals surface area contributed by atoms with Crippen molar-refractivity contribution in [2.24, 2.45) is 11.5 Å². The molecular weight excluding hydrogens is 142 g/mol. The van der Waals surface area contributed by atoms with Gasteiger partial charge in [-0.15, -0.1) is 0 Å². The lowest BCUT2D eigenvalue weighted by atomic mass is 10.3. The molecule has 1 atom stereocenters. The van der Waals surface area contributed by atoms with Gasteiger partial charge in [-0.3, -0.25) is 4.79 Å². The van der Waals surface area contributed by atoms with E-state index in [1.165, 1.54) is 0 Å². The van der Waals surface area contributed by atoms with Gasteiger partial charge in [-0.25, -0.2) is 0 Å². The Morgan fingerprint density at radius 2 is 2.00 bits per heavy atom. The first-order valence-electron chi connectivity index (χ1n) is 4.00. The van der Waals surface area contributed by atoms with Crippen molar-refractivity contribution in [1.82, 2.24) is 4.90 Å². The molecule has 0 bridgehead atoms. The topological polar surface area (TPSA) is 72.3 Å². The van der Waals surface area contributed by atoms with Crippen LogP contribution in [0, 0.1) is 0 Å². The lowest BCUT2D eigenvalue weighted by Crippen LogP contribution is -2.46. The summed E-state index contributed by atoms with van der Waals surface area (Å²) in [7, 11) is 0. The Morgan fingerprint density at radius 3 is 2.45 bits per heavy atom. The summed E-state index contributed by atoms with van der Waals surface area (Å²) in [6, 6.07) is -0.493. The Hall–Kier alpha value is -0.610. The number of rotatable bonds is 2. The maximum Gasteiger partial charge on any atom is 0.240 e. The average molecular weight is 157 g/mol. The minimum atomic E-state index is -0.493. The van der Waals surface area contributed by atoms with Crippen LogP contribution in [0.15, 0.2) is 0 Å². The van der Waals surface area contributed by atoms with Crippen LogP contribution in [-0.4, -0.2) is 36.5 Å². The first-order chi connectivity index (χ1) is 5.25. The lowest BCUT2D eigenvalue weighted by molar-refractivity contribution is -0.131. The fraction of sp³-hybridized carbons (Fsp3) is 0.857. The van der Waals surface area contributed by atoms with Gasteiger partial charge in [-0.05, 0) is 12.8 Å². The fourth-order valence-electron chi connectivity index (χ4n) is 1.27. The van der Waals surface area contributed by atoms with Gasteiger partial charge in [0, 0.05) is 19.6 Å². The molecule has 0 radical (unpaired) electrons. The van der Waals surface area contributed by atoms with Crippen molar-refractivity contribution in [1.29, 1.82) is 0 Å². The van der Waals surface area contributed by atoms with E-state index in [0.29, 0.717) is 0 Å². The van der Waals surface area contributed by atoms with Crippen molar-refractivity contribution < 1.29 is 4.79 Å². The van der Waals surface area contributed by atoms with Gasteiger partial charge in [0.25, 0.3) is 0 Å². The van der Waals surface area contributed by atoms with E-state index in [4.69, 9.17) is 11.5 Å². The van der Waals surface area contributed by atoms with Gasteiger partial charge in [-0.1, -0.05) is 0 Å². The number of amides is 1. The molecule has 1 heterocycles. The number of carbonyl (C=O) groups is 1. The maximum atomic E-state index is 11.3. The molecule has 64 valence electrons. The van der Waals surface area contributed by atoms with Crippen LogP contribution >= 0.6 is 0 Å². The van der Waals surface area contributed by atoms with E-state index >= 15 is 0 Å². The van der Waals surface area contributed by atoms with Gasteiger partial charge in [0.05, 0.1) is 6.04 Å². The summed E-state index contributed by atoms with van der Waals surface area (Å²) in [5.41, 5.74) is 10.7. The van der Waals surface area contributed by atoms with Crippen LogP contribution < -0.4 is 11.5 Å². The van der Waals surface area contributed by atoms with Crippen molar-refractivity contribution in [2.75, 3.05) is 19.6 Å². The molecule has 1 rings (SSSR count). The summed E-state index contributed by atoms with van der Waals surface area (Å²) in [6.07, 6.45) is 2.20. The third-order valence-corrected chi connectivity index (χ3v) is 1.99. The minimum Gasteiger partial charge on any atom is -0.341 e. The highest BCUT2D eigenvalue weighted by atomic mass is 16.2. The van der Waals surface area contributed by atoms with Crippen LogP contribution in [0.4, 0.5) is 0 Å². The molecule has 0 spiro atoms. The van der Waals surface area contributed by atoms with Crippen molar-refractivity contribution in [2.45, 2.75) is 18.9 Å². The zero-order valence-corrected chi connectivity index (χ0v) is 6.62. The third kappa shape index (κ3) is 1.91. The van der Waals surface area contributed by atoms with E-state index in [9.17, 15) is 4.79 Å². The second-order valence-corrected chi connectivity index (χ2v) is 2.87. The number of carbonyl (C=O) groups excluding carboxylic acids is 1. The summed E-state index contributed by atoms with van der Waals surface area (Å²) in [4.78, 5) is 13.1. The van der Waals surface area contributed by atoms with Crippen LogP contribution in [0.2, 0.25) is 0 Å². The monoisotopic (exact) mass is 157 g/mol. The zero-order chi connectivity index (χ0) is 8.27. The predicted molar refractivity (Wildman–Crippen MR) is 42.8 cm³/mol. The van der Waals surface area contributed by atoms with Gasteiger partial charge in [-0.2, -0.15) is 0 Å². The smallest absolute Gasteiger partial charge is 0.240 e. The van der Waals surface area contributed by atoms with Gasteiger partial charge in [0.1, 0.15) is 0 Å². The molecule has 0 aliphatic carbocycles. The van der Waals surface area contributed by atoms with Crippen molar-refractivity contribution >= 4 is 5.91 Å². The fourth-order valence-corrected chi connectivity index (χ4v) is 1.27. The van der Waals surface area contributed by atoms with Crippen LogP contribution in [0.3, 0.4) is 0 Å². The van der Waals surface area contributed by atoms with Crippen molar-refractivity contribution in [3.63, 3.8) is 0 Å². The van der Waals surface area contributed by atoms with E-state index in [1.54, 1.807) is 4.90 Å². The summed E-state index contributed by atoms with van der Waals surface area (Å²) >= 11 is 0. The second kappa shape index (κ2) is 3.69. The molecule has 0 aromatic rings. The van der Waals surface area contributed by atoms with E-state index in [2.05, 4.69) is 0 Å². The van der Waals surface area contributed by atoms with E-state index in [-0.39, 0.29) is 12.5 Å². The molecule has 11 heavy (non-hydrogen) atoms. The number of nitrogens with two attached hydrogens (primary N) is 2.